The van der Waals surface area contributed by atoms with E-state index in [0.717, 1.165) is 17.3 Å². The molecule has 2 atom stereocenters. The van der Waals surface area contributed by atoms with E-state index in [1.54, 1.807) is 0 Å². The van der Waals surface area contributed by atoms with Crippen molar-refractivity contribution in [1.82, 2.24) is 0 Å². The molecule has 0 aliphatic heterocycles. The van der Waals surface area contributed by atoms with Crippen molar-refractivity contribution in [3.63, 3.8) is 0 Å². The molecule has 0 bridgehead atoms. The van der Waals surface area contributed by atoms with Crippen LogP contribution in [0.5, 0.6) is 0 Å². The maximum atomic E-state index is 11.6. The van der Waals surface area contributed by atoms with Gasteiger partial charge in [-0.15, -0.1) is 0 Å². The zero-order valence-electron chi connectivity index (χ0n) is 9.85. The number of rotatable bonds is 5. The third kappa shape index (κ3) is 4.27. The van der Waals surface area contributed by atoms with E-state index in [9.17, 15) is 9.59 Å². The molecule has 0 aromatic rings. The van der Waals surface area contributed by atoms with E-state index in [1.165, 1.54) is 0 Å². The molecule has 1 rings (SSSR count). The number of hydrogen-bond acceptors (Lipinski definition) is 4. The van der Waals surface area contributed by atoms with Gasteiger partial charge in [-0.3, -0.25) is 0 Å². The fourth-order valence-corrected chi connectivity index (χ4v) is 1.72. The molecule has 0 aromatic carbocycles. The summed E-state index contributed by atoms with van der Waals surface area (Å²) >= 11 is 0. The van der Waals surface area contributed by atoms with Gasteiger partial charge in [0.05, 0.1) is 0 Å². The van der Waals surface area contributed by atoms with Crippen molar-refractivity contribution < 1.29 is 14.3 Å². The van der Waals surface area contributed by atoms with Gasteiger partial charge < -0.3 is 0 Å². The summed E-state index contributed by atoms with van der Waals surface area (Å²) in [6.07, 6.45) is 3.11. The number of nitrogens with two attached hydrogens (primary N) is 1. The molecule has 0 amide bonds. The summed E-state index contributed by atoms with van der Waals surface area (Å²) in [6, 6.07) is -0.725. The van der Waals surface area contributed by atoms with E-state index in [1.807, 2.05) is 0 Å². The van der Waals surface area contributed by atoms with Gasteiger partial charge in [-0.1, -0.05) is 0 Å². The molecule has 91 valence electrons. The Balaban J connectivity index is 2.38. The predicted molar refractivity (Wildman–Crippen MR) is 66.9 cm³/mol. The number of carbonyl (C=O) groups excluding carboxylic acids is 2. The van der Waals surface area contributed by atoms with E-state index < -0.39 is 12.0 Å². The number of aldehydes is 1. The second kappa shape index (κ2) is 6.50. The van der Waals surface area contributed by atoms with Gasteiger partial charge in [0.25, 0.3) is 0 Å². The predicted octanol–water partition coefficient (Wildman–Crippen LogP) is 0.286. The summed E-state index contributed by atoms with van der Waals surface area (Å²) in [5.74, 6) is -0.454. The first-order chi connectivity index (χ1) is 8.04. The Morgan fingerprint density at radius 2 is 2.41 bits per heavy atom. The molecular formula is C12H17BNO3. The van der Waals surface area contributed by atoms with Crippen LogP contribution < -0.4 is 5.73 Å². The fourth-order valence-electron chi connectivity index (χ4n) is 1.72. The summed E-state index contributed by atoms with van der Waals surface area (Å²) in [5.41, 5.74) is 7.21. The van der Waals surface area contributed by atoms with E-state index in [-0.39, 0.29) is 12.5 Å². The monoisotopic (exact) mass is 234 g/mol. The molecule has 2 unspecified atom stereocenters. The van der Waals surface area contributed by atoms with Gasteiger partial charge in [0.2, 0.25) is 0 Å². The van der Waals surface area contributed by atoms with Crippen LogP contribution in [0.1, 0.15) is 32.1 Å². The quantitative estimate of drug-likeness (QED) is 0.421. The molecule has 1 aliphatic rings. The standard InChI is InChI=1S/C12H17BNO3/c1-8-7-9(4-5-10(8)13)17-12(16)11(14)3-2-6-15/h6,9,11H,1-5,7,14H2. The average molecular weight is 234 g/mol. The molecule has 1 fully saturated rings. The summed E-state index contributed by atoms with van der Waals surface area (Å²) in [6.45, 7) is 3.82. The van der Waals surface area contributed by atoms with Gasteiger partial charge in [0.15, 0.2) is 0 Å². The summed E-state index contributed by atoms with van der Waals surface area (Å²) in [5, 5.41) is 0. The van der Waals surface area contributed by atoms with Crippen molar-refractivity contribution in [2.24, 2.45) is 5.73 Å². The van der Waals surface area contributed by atoms with Gasteiger partial charge in [-0.25, -0.2) is 0 Å². The first kappa shape index (κ1) is 13.8. The Morgan fingerprint density at radius 1 is 1.71 bits per heavy atom. The van der Waals surface area contributed by atoms with Crippen LogP contribution in [0.25, 0.3) is 0 Å². The Morgan fingerprint density at radius 3 is 3.00 bits per heavy atom. The zero-order chi connectivity index (χ0) is 12.8. The second-order valence-corrected chi connectivity index (χ2v) is 4.28. The normalized spacial score (nSPS) is 22.0. The van der Waals surface area contributed by atoms with Crippen LogP contribution in [-0.2, 0) is 14.3 Å². The molecule has 1 saturated carbocycles. The molecular weight excluding hydrogens is 217 g/mol. The molecule has 0 heterocycles. The number of esters is 1. The topological polar surface area (TPSA) is 69.4 Å². The van der Waals surface area contributed by atoms with Crippen LogP contribution >= 0.6 is 0 Å². The van der Waals surface area contributed by atoms with E-state index in [4.69, 9.17) is 18.0 Å². The van der Waals surface area contributed by atoms with E-state index in [2.05, 4.69) is 6.58 Å². The van der Waals surface area contributed by atoms with E-state index in [0.29, 0.717) is 25.7 Å². The van der Waals surface area contributed by atoms with Crippen LogP contribution in [0.15, 0.2) is 12.2 Å². The van der Waals surface area contributed by atoms with Crippen molar-refractivity contribution in [3.8, 4) is 0 Å². The molecule has 0 saturated heterocycles. The van der Waals surface area contributed by atoms with Gasteiger partial charge >= 0.3 is 102 Å². The number of carbonyl (C=O) groups is 2. The third-order valence-corrected chi connectivity index (χ3v) is 2.84. The van der Waals surface area contributed by atoms with Crippen molar-refractivity contribution in [1.29, 1.82) is 0 Å². The Labute approximate surface area is 102 Å². The van der Waals surface area contributed by atoms with Gasteiger partial charge in [-0.2, -0.15) is 0 Å². The van der Waals surface area contributed by atoms with Crippen LogP contribution in [-0.4, -0.2) is 37.4 Å². The minimum atomic E-state index is -0.725. The summed E-state index contributed by atoms with van der Waals surface area (Å²) < 4.78 is 5.26. The minimum absolute atomic E-state index is 0.190. The summed E-state index contributed by atoms with van der Waals surface area (Å²) in [7, 11) is 5.71. The van der Waals surface area contributed by atoms with Crippen molar-refractivity contribution in [3.05, 3.63) is 12.2 Å². The maximum absolute atomic E-state index is 11.6. The molecule has 2 N–H and O–H groups in total. The van der Waals surface area contributed by atoms with Crippen molar-refractivity contribution in [2.45, 2.75) is 44.2 Å². The average Bonchev–Trinajstić information content (AvgIpc) is 2.30. The first-order valence-electron chi connectivity index (χ1n) is 5.73. The molecule has 0 aromatic heterocycles. The number of hydrogen-bond donors (Lipinski definition) is 1. The molecule has 0 spiro atoms. The van der Waals surface area contributed by atoms with Gasteiger partial charge in [0.1, 0.15) is 0 Å². The van der Waals surface area contributed by atoms with Gasteiger partial charge in [-0.05, 0) is 0 Å². The van der Waals surface area contributed by atoms with Crippen LogP contribution in [0.3, 0.4) is 0 Å². The van der Waals surface area contributed by atoms with E-state index >= 15 is 0 Å². The van der Waals surface area contributed by atoms with Crippen molar-refractivity contribution >= 4 is 25.2 Å². The van der Waals surface area contributed by atoms with Crippen LogP contribution in [0, 0.1) is 0 Å². The molecule has 17 heavy (non-hydrogen) atoms. The molecule has 1 aliphatic carbocycles. The third-order valence-electron chi connectivity index (χ3n) is 2.84. The molecule has 1 radical (unpaired) electrons. The Bertz CT molecular complexity index is 341. The first-order valence-corrected chi connectivity index (χ1v) is 5.73. The fraction of sp³-hybridized carbons (Fsp3) is 0.583. The Hall–Kier alpha value is -1.23. The molecule has 4 nitrogen and oxygen atoms in total. The van der Waals surface area contributed by atoms with Crippen molar-refractivity contribution in [2.75, 3.05) is 0 Å². The SMILES string of the molecule is [B]=C1CCC(OC(=O)C(N)CCC=O)CC1=C. The Kier molecular flexibility index (Phi) is 5.29. The van der Waals surface area contributed by atoms with Gasteiger partial charge in [0, 0.05) is 0 Å². The van der Waals surface area contributed by atoms with Crippen LogP contribution in [0.4, 0.5) is 0 Å². The van der Waals surface area contributed by atoms with Crippen LogP contribution in [0.2, 0.25) is 0 Å². The second-order valence-electron chi connectivity index (χ2n) is 4.28. The zero-order valence-corrected chi connectivity index (χ0v) is 9.85. The summed E-state index contributed by atoms with van der Waals surface area (Å²) in [4.78, 5) is 21.7. The molecule has 5 heteroatoms. The number of ether oxygens (including phenoxy) is 1.